The fourth-order valence-corrected chi connectivity index (χ4v) is 1.30. The molecule has 4 nitrogen and oxygen atoms in total. The topological polar surface area (TPSA) is 61.2 Å². The van der Waals surface area contributed by atoms with Gasteiger partial charge in [0, 0.05) is 13.6 Å². The first-order chi connectivity index (χ1) is 6.22. The van der Waals surface area contributed by atoms with Gasteiger partial charge in [-0.15, -0.1) is 0 Å². The van der Waals surface area contributed by atoms with Crippen molar-refractivity contribution in [3.05, 3.63) is 34.3 Å². The van der Waals surface area contributed by atoms with E-state index >= 15 is 0 Å². The van der Waals surface area contributed by atoms with Crippen LogP contribution in [0.15, 0.2) is 27.4 Å². The van der Waals surface area contributed by atoms with Gasteiger partial charge in [0.2, 0.25) is 0 Å². The monoisotopic (exact) mass is 178 g/mol. The molecule has 1 heterocycles. The summed E-state index contributed by atoms with van der Waals surface area (Å²) in [7, 11) is 1.68. The van der Waals surface area contributed by atoms with Crippen LogP contribution in [-0.2, 0) is 13.6 Å². The lowest BCUT2D eigenvalue weighted by Crippen LogP contribution is -2.08. The average molecular weight is 178 g/mol. The summed E-state index contributed by atoms with van der Waals surface area (Å²) in [6, 6.07) is 5.48. The van der Waals surface area contributed by atoms with Gasteiger partial charge in [0.1, 0.15) is 0 Å². The lowest BCUT2D eigenvalue weighted by Gasteiger charge is -1.95. The normalized spacial score (nSPS) is 10.9. The minimum absolute atomic E-state index is 0.343. The summed E-state index contributed by atoms with van der Waals surface area (Å²) in [6.45, 7) is 0.468. The van der Waals surface area contributed by atoms with E-state index in [-0.39, 0.29) is 5.76 Å². The summed E-state index contributed by atoms with van der Waals surface area (Å²) in [5, 5.41) is 0. The van der Waals surface area contributed by atoms with Crippen LogP contribution in [0.4, 0.5) is 0 Å². The molecule has 4 heteroatoms. The molecule has 2 rings (SSSR count). The molecule has 0 aliphatic carbocycles. The van der Waals surface area contributed by atoms with Crippen LogP contribution in [0, 0.1) is 0 Å². The van der Waals surface area contributed by atoms with Gasteiger partial charge in [0.05, 0.1) is 5.52 Å². The smallest absolute Gasteiger partial charge is 0.408 e. The quantitative estimate of drug-likeness (QED) is 0.695. The Labute approximate surface area is 74.6 Å². The first-order valence-electron chi connectivity index (χ1n) is 4.01. The third-order valence-corrected chi connectivity index (χ3v) is 2.09. The van der Waals surface area contributed by atoms with Gasteiger partial charge in [-0.2, -0.15) is 0 Å². The summed E-state index contributed by atoms with van der Waals surface area (Å²) in [5.41, 5.74) is 7.86. The van der Waals surface area contributed by atoms with Crippen LogP contribution < -0.4 is 11.5 Å². The number of hydrogen-bond donors (Lipinski definition) is 1. The maximum Gasteiger partial charge on any atom is 0.419 e. The highest BCUT2D eigenvalue weighted by Crippen LogP contribution is 2.13. The largest absolute Gasteiger partial charge is 0.419 e. The van der Waals surface area contributed by atoms with Crippen LogP contribution in [0.3, 0.4) is 0 Å². The molecule has 0 atom stereocenters. The molecule has 0 fully saturated rings. The Kier molecular flexibility index (Phi) is 1.70. The SMILES string of the molecule is Cn1c(=O)oc2ccc(CN)cc21. The van der Waals surface area contributed by atoms with Crippen molar-refractivity contribution < 1.29 is 4.42 Å². The fourth-order valence-electron chi connectivity index (χ4n) is 1.30. The molecule has 68 valence electrons. The number of nitrogens with two attached hydrogens (primary N) is 1. The highest BCUT2D eigenvalue weighted by Gasteiger charge is 2.04. The second-order valence-corrected chi connectivity index (χ2v) is 2.93. The molecule has 2 aromatic rings. The molecule has 1 aromatic heterocycles. The summed E-state index contributed by atoms with van der Waals surface area (Å²) >= 11 is 0. The Bertz CT molecular complexity index is 496. The minimum atomic E-state index is -0.343. The molecule has 1 aromatic carbocycles. The molecule has 0 amide bonds. The van der Waals surface area contributed by atoms with Gasteiger partial charge < -0.3 is 10.2 Å². The van der Waals surface area contributed by atoms with E-state index in [4.69, 9.17) is 10.2 Å². The summed E-state index contributed by atoms with van der Waals surface area (Å²) < 4.78 is 6.43. The zero-order valence-electron chi connectivity index (χ0n) is 7.28. The van der Waals surface area contributed by atoms with E-state index in [2.05, 4.69) is 0 Å². The third kappa shape index (κ3) is 1.15. The van der Waals surface area contributed by atoms with Crippen molar-refractivity contribution in [1.29, 1.82) is 0 Å². The van der Waals surface area contributed by atoms with Crippen molar-refractivity contribution in [1.82, 2.24) is 4.57 Å². The molecule has 0 radical (unpaired) electrons. The average Bonchev–Trinajstić information content (AvgIpc) is 2.43. The van der Waals surface area contributed by atoms with Crippen molar-refractivity contribution >= 4 is 11.1 Å². The molecular weight excluding hydrogens is 168 g/mol. The highest BCUT2D eigenvalue weighted by molar-refractivity contribution is 5.73. The molecule has 2 N–H and O–H groups in total. The van der Waals surface area contributed by atoms with Crippen LogP contribution in [0.25, 0.3) is 11.1 Å². The van der Waals surface area contributed by atoms with Crippen LogP contribution in [-0.4, -0.2) is 4.57 Å². The van der Waals surface area contributed by atoms with Crippen molar-refractivity contribution in [3.8, 4) is 0 Å². The second-order valence-electron chi connectivity index (χ2n) is 2.93. The Morgan fingerprint density at radius 3 is 3.00 bits per heavy atom. The van der Waals surface area contributed by atoms with Gasteiger partial charge in [-0.1, -0.05) is 6.07 Å². The molecule has 13 heavy (non-hydrogen) atoms. The standard InChI is InChI=1S/C9H10N2O2/c1-11-7-4-6(5-10)2-3-8(7)13-9(11)12/h2-4H,5,10H2,1H3. The molecule has 0 spiro atoms. The van der Waals surface area contributed by atoms with E-state index in [1.807, 2.05) is 12.1 Å². The lowest BCUT2D eigenvalue weighted by molar-refractivity contribution is 0.528. The fraction of sp³-hybridized carbons (Fsp3) is 0.222. The number of rotatable bonds is 1. The number of benzene rings is 1. The van der Waals surface area contributed by atoms with E-state index in [9.17, 15) is 4.79 Å². The lowest BCUT2D eigenvalue weighted by atomic mass is 10.2. The third-order valence-electron chi connectivity index (χ3n) is 2.09. The number of hydrogen-bond acceptors (Lipinski definition) is 3. The van der Waals surface area contributed by atoms with Gasteiger partial charge in [-0.05, 0) is 17.7 Å². The van der Waals surface area contributed by atoms with Gasteiger partial charge in [0.25, 0.3) is 0 Å². The zero-order valence-corrected chi connectivity index (χ0v) is 7.28. The van der Waals surface area contributed by atoms with Gasteiger partial charge >= 0.3 is 5.76 Å². The van der Waals surface area contributed by atoms with Crippen molar-refractivity contribution in [3.63, 3.8) is 0 Å². The molecule has 0 unspecified atom stereocenters. The molecular formula is C9H10N2O2. The summed E-state index contributed by atoms with van der Waals surface area (Å²) in [4.78, 5) is 11.1. The predicted octanol–water partition coefficient (Wildman–Crippen LogP) is 0.590. The predicted molar refractivity (Wildman–Crippen MR) is 49.3 cm³/mol. The van der Waals surface area contributed by atoms with Crippen molar-refractivity contribution in [2.75, 3.05) is 0 Å². The molecule has 0 aliphatic rings. The Morgan fingerprint density at radius 1 is 1.54 bits per heavy atom. The molecule has 0 aliphatic heterocycles. The maximum absolute atomic E-state index is 11.1. The van der Waals surface area contributed by atoms with E-state index < -0.39 is 0 Å². The molecule has 0 bridgehead atoms. The van der Waals surface area contributed by atoms with E-state index in [1.165, 1.54) is 4.57 Å². The van der Waals surface area contributed by atoms with Crippen LogP contribution in [0.1, 0.15) is 5.56 Å². The van der Waals surface area contributed by atoms with E-state index in [1.54, 1.807) is 13.1 Å². The Morgan fingerprint density at radius 2 is 2.31 bits per heavy atom. The number of oxazole rings is 1. The summed E-state index contributed by atoms with van der Waals surface area (Å²) in [6.07, 6.45) is 0. The Hall–Kier alpha value is -1.55. The maximum atomic E-state index is 11.1. The first kappa shape index (κ1) is 8.07. The highest BCUT2D eigenvalue weighted by atomic mass is 16.4. The minimum Gasteiger partial charge on any atom is -0.408 e. The number of aryl methyl sites for hydroxylation is 1. The second kappa shape index (κ2) is 2.74. The summed E-state index contributed by atoms with van der Waals surface area (Å²) in [5.74, 6) is -0.343. The first-order valence-corrected chi connectivity index (χ1v) is 4.01. The van der Waals surface area contributed by atoms with Crippen LogP contribution >= 0.6 is 0 Å². The van der Waals surface area contributed by atoms with Crippen molar-refractivity contribution in [2.24, 2.45) is 12.8 Å². The Balaban J connectivity index is 2.82. The van der Waals surface area contributed by atoms with Gasteiger partial charge in [0.15, 0.2) is 5.58 Å². The van der Waals surface area contributed by atoms with Crippen LogP contribution in [0.2, 0.25) is 0 Å². The van der Waals surface area contributed by atoms with Crippen LogP contribution in [0.5, 0.6) is 0 Å². The van der Waals surface area contributed by atoms with Crippen molar-refractivity contribution in [2.45, 2.75) is 6.54 Å². The molecule has 0 saturated carbocycles. The zero-order chi connectivity index (χ0) is 9.42. The number of fused-ring (bicyclic) bond motifs is 1. The van der Waals surface area contributed by atoms with Gasteiger partial charge in [-0.25, -0.2) is 4.79 Å². The number of nitrogens with zero attached hydrogens (tertiary/aromatic N) is 1. The molecule has 0 saturated heterocycles. The van der Waals surface area contributed by atoms with E-state index in [0.29, 0.717) is 12.1 Å². The van der Waals surface area contributed by atoms with Gasteiger partial charge in [-0.3, -0.25) is 4.57 Å². The number of aromatic nitrogens is 1. The van der Waals surface area contributed by atoms with E-state index in [0.717, 1.165) is 11.1 Å².